The molecule has 1 aliphatic carbocycles. The van der Waals surface area contributed by atoms with Crippen molar-refractivity contribution in [1.82, 2.24) is 5.32 Å². The number of carbonyl (C=O) groups excluding carboxylic acids is 2. The maximum absolute atomic E-state index is 13.4. The number of halogens is 2. The van der Waals surface area contributed by atoms with Crippen LogP contribution in [0.4, 0.5) is 0 Å². The van der Waals surface area contributed by atoms with E-state index in [1.165, 1.54) is 7.11 Å². The van der Waals surface area contributed by atoms with Gasteiger partial charge < -0.3 is 14.8 Å². The zero-order valence-corrected chi connectivity index (χ0v) is 21.0. The van der Waals surface area contributed by atoms with Crippen LogP contribution in [0.1, 0.15) is 41.3 Å². The fourth-order valence-electron chi connectivity index (χ4n) is 4.07. The number of Topliss-reactive ketones (excluding diaryl/α,β-unsaturated/α-hetero) is 1. The molecule has 0 spiro atoms. The highest BCUT2D eigenvalue weighted by atomic mass is 127. The summed E-state index contributed by atoms with van der Waals surface area (Å²) >= 11 is 4.47. The molecule has 30 heavy (non-hydrogen) atoms. The molecular weight excluding hydrogens is 608 g/mol. The quantitative estimate of drug-likeness (QED) is 0.381. The standard InChI is InChI=1S/C23H19I2NO4/c1-4-30-22-15(24)9-12(10-16(22)25)18-17(23(28)29-3)11(2)26-20-13-7-5-6-8-14(13)21(27)19(18)20/h5-10,18,26H,4H2,1-3H3/t18-/m0/s1. The number of allylic oxidation sites excluding steroid dienone is 2. The van der Waals surface area contributed by atoms with Crippen molar-refractivity contribution in [1.29, 1.82) is 0 Å². The lowest BCUT2D eigenvalue weighted by Crippen LogP contribution is -2.29. The summed E-state index contributed by atoms with van der Waals surface area (Å²) in [6.07, 6.45) is 0. The predicted molar refractivity (Wildman–Crippen MR) is 131 cm³/mol. The molecule has 5 nitrogen and oxygen atoms in total. The average molecular weight is 627 g/mol. The first-order chi connectivity index (χ1) is 14.4. The zero-order valence-electron chi connectivity index (χ0n) is 16.6. The number of esters is 1. The smallest absolute Gasteiger partial charge is 0.336 e. The Labute approximate surface area is 202 Å². The Hall–Kier alpha value is -1.88. The number of dihydropyridines is 1. The first-order valence-electron chi connectivity index (χ1n) is 9.45. The summed E-state index contributed by atoms with van der Waals surface area (Å²) in [6.45, 7) is 4.35. The maximum Gasteiger partial charge on any atom is 0.336 e. The molecule has 1 atom stereocenters. The second-order valence-corrected chi connectivity index (χ2v) is 9.32. The Balaban J connectivity index is 1.95. The molecule has 0 unspecified atom stereocenters. The lowest BCUT2D eigenvalue weighted by Gasteiger charge is -2.29. The zero-order chi connectivity index (χ0) is 21.6. The van der Waals surface area contributed by atoms with Gasteiger partial charge in [0.25, 0.3) is 0 Å². The van der Waals surface area contributed by atoms with E-state index in [0.29, 0.717) is 29.0 Å². The third-order valence-corrected chi connectivity index (χ3v) is 6.90. The van der Waals surface area contributed by atoms with Gasteiger partial charge in [-0.3, -0.25) is 4.79 Å². The minimum absolute atomic E-state index is 0.0640. The highest BCUT2D eigenvalue weighted by Gasteiger charge is 2.43. The number of rotatable bonds is 4. The number of methoxy groups -OCH3 is 1. The molecule has 0 fully saturated rings. The van der Waals surface area contributed by atoms with Gasteiger partial charge in [0.2, 0.25) is 0 Å². The van der Waals surface area contributed by atoms with Crippen LogP contribution >= 0.6 is 45.2 Å². The van der Waals surface area contributed by atoms with Crippen molar-refractivity contribution < 1.29 is 19.1 Å². The lowest BCUT2D eigenvalue weighted by atomic mass is 9.80. The average Bonchev–Trinajstić information content (AvgIpc) is 3.01. The van der Waals surface area contributed by atoms with Gasteiger partial charge in [0, 0.05) is 28.3 Å². The van der Waals surface area contributed by atoms with Crippen LogP contribution in [0.15, 0.2) is 53.2 Å². The minimum Gasteiger partial charge on any atom is -0.492 e. The van der Waals surface area contributed by atoms with E-state index in [1.807, 2.05) is 50.2 Å². The van der Waals surface area contributed by atoms with Crippen molar-refractivity contribution in [3.8, 4) is 5.75 Å². The summed E-state index contributed by atoms with van der Waals surface area (Å²) in [4.78, 5) is 26.2. The van der Waals surface area contributed by atoms with Crippen molar-refractivity contribution >= 4 is 62.6 Å². The van der Waals surface area contributed by atoms with Gasteiger partial charge in [-0.25, -0.2) is 4.79 Å². The Morgan fingerprint density at radius 2 is 1.77 bits per heavy atom. The minimum atomic E-state index is -0.522. The van der Waals surface area contributed by atoms with Gasteiger partial charge in [0.1, 0.15) is 5.75 Å². The summed E-state index contributed by atoms with van der Waals surface area (Å²) in [5.74, 6) is -0.219. The van der Waals surface area contributed by atoms with E-state index in [4.69, 9.17) is 9.47 Å². The summed E-state index contributed by atoms with van der Waals surface area (Å²) in [5, 5.41) is 3.30. The van der Waals surface area contributed by atoms with Crippen LogP contribution in [0, 0.1) is 7.14 Å². The van der Waals surface area contributed by atoms with E-state index in [9.17, 15) is 9.59 Å². The third kappa shape index (κ3) is 3.35. The normalized spacial score (nSPS) is 17.5. The number of fused-ring (bicyclic) bond motifs is 2. The monoisotopic (exact) mass is 627 g/mol. The van der Waals surface area contributed by atoms with Crippen LogP contribution in [0.25, 0.3) is 5.70 Å². The van der Waals surface area contributed by atoms with Crippen molar-refractivity contribution in [2.24, 2.45) is 0 Å². The van der Waals surface area contributed by atoms with Crippen LogP contribution in [0.2, 0.25) is 0 Å². The molecular formula is C23H19I2NO4. The van der Waals surface area contributed by atoms with Crippen LogP contribution in [0.3, 0.4) is 0 Å². The Morgan fingerprint density at radius 3 is 2.37 bits per heavy atom. The Morgan fingerprint density at radius 1 is 1.13 bits per heavy atom. The molecule has 4 rings (SSSR count). The molecule has 1 aliphatic heterocycles. The van der Waals surface area contributed by atoms with Crippen LogP contribution in [-0.2, 0) is 9.53 Å². The number of nitrogens with one attached hydrogen (secondary N) is 1. The van der Waals surface area contributed by atoms with E-state index < -0.39 is 11.9 Å². The van der Waals surface area contributed by atoms with Crippen molar-refractivity contribution in [3.05, 3.63) is 77.1 Å². The van der Waals surface area contributed by atoms with Crippen molar-refractivity contribution in [2.45, 2.75) is 19.8 Å². The molecule has 1 N–H and O–H groups in total. The van der Waals surface area contributed by atoms with Crippen LogP contribution in [0.5, 0.6) is 5.75 Å². The number of hydrogen-bond acceptors (Lipinski definition) is 5. The van der Waals surface area contributed by atoms with E-state index in [-0.39, 0.29) is 5.78 Å². The number of carbonyl (C=O) groups is 2. The molecule has 2 aromatic rings. The number of benzene rings is 2. The van der Waals surface area contributed by atoms with Crippen LogP contribution in [-0.4, -0.2) is 25.5 Å². The van der Waals surface area contributed by atoms with Gasteiger partial charge in [-0.2, -0.15) is 0 Å². The van der Waals surface area contributed by atoms with Crippen molar-refractivity contribution in [3.63, 3.8) is 0 Å². The largest absolute Gasteiger partial charge is 0.492 e. The molecule has 1 heterocycles. The molecule has 0 bridgehead atoms. The second kappa shape index (κ2) is 8.33. The summed E-state index contributed by atoms with van der Waals surface area (Å²) in [5.41, 5.74) is 4.86. The molecule has 154 valence electrons. The molecule has 0 saturated heterocycles. The van der Waals surface area contributed by atoms with Gasteiger partial charge in [0.05, 0.1) is 32.1 Å². The van der Waals surface area contributed by atoms with Gasteiger partial charge in [-0.15, -0.1) is 0 Å². The molecule has 0 radical (unpaired) electrons. The van der Waals surface area contributed by atoms with Gasteiger partial charge in [-0.05, 0) is 76.7 Å². The van der Waals surface area contributed by atoms with E-state index in [0.717, 1.165) is 29.7 Å². The number of ether oxygens (including phenoxy) is 2. The fraction of sp³-hybridized carbons (Fsp3) is 0.217. The van der Waals surface area contributed by atoms with Crippen molar-refractivity contribution in [2.75, 3.05) is 13.7 Å². The number of ketones is 1. The number of hydrogen-bond donors (Lipinski definition) is 1. The molecule has 2 aromatic carbocycles. The van der Waals surface area contributed by atoms with Gasteiger partial charge in [0.15, 0.2) is 5.78 Å². The Kier molecular flexibility index (Phi) is 5.93. The van der Waals surface area contributed by atoms with E-state index in [2.05, 4.69) is 50.5 Å². The molecule has 7 heteroatoms. The predicted octanol–water partition coefficient (Wildman–Crippen LogP) is 5.04. The van der Waals surface area contributed by atoms with E-state index >= 15 is 0 Å². The van der Waals surface area contributed by atoms with Gasteiger partial charge in [-0.1, -0.05) is 24.3 Å². The first-order valence-corrected chi connectivity index (χ1v) is 11.6. The molecule has 0 saturated carbocycles. The second-order valence-electron chi connectivity index (χ2n) is 7.00. The summed E-state index contributed by atoms with van der Waals surface area (Å²) in [6, 6.07) is 11.5. The first kappa shape index (κ1) is 21.4. The van der Waals surface area contributed by atoms with Crippen LogP contribution < -0.4 is 10.1 Å². The Bertz CT molecular complexity index is 1130. The summed E-state index contributed by atoms with van der Waals surface area (Å²) in [7, 11) is 1.36. The van der Waals surface area contributed by atoms with E-state index in [1.54, 1.807) is 0 Å². The van der Waals surface area contributed by atoms with Gasteiger partial charge >= 0.3 is 5.97 Å². The highest BCUT2D eigenvalue weighted by Crippen LogP contribution is 2.47. The topological polar surface area (TPSA) is 64.6 Å². The molecule has 0 aromatic heterocycles. The molecule has 0 amide bonds. The SMILES string of the molecule is CCOc1c(I)cc([C@H]2C(C(=O)OC)=C(C)NC3=C2C(=O)c2ccccc23)cc1I. The third-order valence-electron chi connectivity index (χ3n) is 5.30. The lowest BCUT2D eigenvalue weighted by molar-refractivity contribution is -0.136. The fourth-order valence-corrected chi connectivity index (χ4v) is 6.20. The summed E-state index contributed by atoms with van der Waals surface area (Å²) < 4.78 is 12.7. The maximum atomic E-state index is 13.4. The molecule has 2 aliphatic rings. The highest BCUT2D eigenvalue weighted by molar-refractivity contribution is 14.1.